The molecule has 0 bridgehead atoms. The van der Waals surface area contributed by atoms with Gasteiger partial charge in [-0.15, -0.1) is 11.3 Å². The van der Waals surface area contributed by atoms with Crippen LogP contribution in [0.1, 0.15) is 16.3 Å². The molecule has 5 heteroatoms. The molecule has 2 heterocycles. The number of nitrogens with zero attached hydrogens (tertiary/aromatic N) is 2. The highest BCUT2D eigenvalue weighted by Crippen LogP contribution is 2.21. The molecule has 13 heavy (non-hydrogen) atoms. The van der Waals surface area contributed by atoms with Crippen LogP contribution in [0, 0.1) is 6.92 Å². The Morgan fingerprint density at radius 1 is 1.54 bits per heavy atom. The number of rotatable bonds is 1. The fourth-order valence-corrected chi connectivity index (χ4v) is 1.93. The lowest BCUT2D eigenvalue weighted by molar-refractivity contribution is 0.0692. The first-order valence-corrected chi connectivity index (χ1v) is 4.51. The van der Waals surface area contributed by atoms with Gasteiger partial charge in [-0.05, 0) is 18.4 Å². The molecule has 0 aliphatic carbocycles. The van der Waals surface area contributed by atoms with E-state index in [4.69, 9.17) is 5.11 Å². The highest BCUT2D eigenvalue weighted by Gasteiger charge is 2.12. The quantitative estimate of drug-likeness (QED) is 0.750. The van der Waals surface area contributed by atoms with Crippen LogP contribution in [-0.2, 0) is 0 Å². The van der Waals surface area contributed by atoms with Gasteiger partial charge >= 0.3 is 5.97 Å². The first-order valence-electron chi connectivity index (χ1n) is 3.63. The Morgan fingerprint density at radius 3 is 3.00 bits per heavy atom. The van der Waals surface area contributed by atoms with Crippen molar-refractivity contribution in [3.8, 4) is 0 Å². The SMILES string of the molecule is Cc1nc(C(=O)O)c2ccsc2n1. The van der Waals surface area contributed by atoms with Gasteiger partial charge in [-0.1, -0.05) is 0 Å². The van der Waals surface area contributed by atoms with E-state index >= 15 is 0 Å². The van der Waals surface area contributed by atoms with Crippen LogP contribution in [0.25, 0.3) is 10.2 Å². The molecule has 0 unspecified atom stereocenters. The molecule has 0 atom stereocenters. The molecule has 0 aliphatic rings. The number of thiophene rings is 1. The van der Waals surface area contributed by atoms with Gasteiger partial charge in [-0.25, -0.2) is 14.8 Å². The summed E-state index contributed by atoms with van der Waals surface area (Å²) in [6.07, 6.45) is 0. The standard InChI is InChI=1S/C8H6N2O2S/c1-4-9-6(8(11)12)5-2-3-13-7(5)10-4/h2-3H,1H3,(H,11,12). The molecule has 0 amide bonds. The average molecular weight is 194 g/mol. The molecule has 0 radical (unpaired) electrons. The molecule has 1 N–H and O–H groups in total. The fourth-order valence-electron chi connectivity index (χ4n) is 1.13. The minimum Gasteiger partial charge on any atom is -0.476 e. The van der Waals surface area contributed by atoms with Crippen LogP contribution in [0.3, 0.4) is 0 Å². The Labute approximate surface area is 77.9 Å². The largest absolute Gasteiger partial charge is 0.476 e. The number of hydrogen-bond donors (Lipinski definition) is 1. The zero-order chi connectivity index (χ0) is 9.42. The second kappa shape index (κ2) is 2.77. The molecule has 0 spiro atoms. The minimum absolute atomic E-state index is 0.0868. The molecule has 0 aliphatic heterocycles. The highest BCUT2D eigenvalue weighted by atomic mass is 32.1. The lowest BCUT2D eigenvalue weighted by atomic mass is 10.3. The molecule has 0 fully saturated rings. The predicted octanol–water partition coefficient (Wildman–Crippen LogP) is 1.70. The van der Waals surface area contributed by atoms with E-state index in [1.807, 2.05) is 5.38 Å². The summed E-state index contributed by atoms with van der Waals surface area (Å²) in [5, 5.41) is 11.3. The van der Waals surface area contributed by atoms with Gasteiger partial charge in [0.25, 0.3) is 0 Å². The Bertz CT molecular complexity index is 478. The number of aryl methyl sites for hydroxylation is 1. The third-order valence-electron chi connectivity index (χ3n) is 1.64. The van der Waals surface area contributed by atoms with Crippen molar-refractivity contribution in [3.63, 3.8) is 0 Å². The number of aromatic nitrogens is 2. The van der Waals surface area contributed by atoms with Gasteiger partial charge in [-0.2, -0.15) is 0 Å². The molecule has 2 aromatic rings. The van der Waals surface area contributed by atoms with E-state index in [1.54, 1.807) is 13.0 Å². The molecule has 0 saturated heterocycles. The van der Waals surface area contributed by atoms with Crippen molar-refractivity contribution in [2.24, 2.45) is 0 Å². The monoisotopic (exact) mass is 194 g/mol. The second-order valence-electron chi connectivity index (χ2n) is 2.56. The molecular weight excluding hydrogens is 188 g/mol. The van der Waals surface area contributed by atoms with Crippen molar-refractivity contribution in [1.82, 2.24) is 9.97 Å². The number of carboxylic acids is 1. The van der Waals surface area contributed by atoms with Crippen LogP contribution in [0.4, 0.5) is 0 Å². The lowest BCUT2D eigenvalue weighted by Crippen LogP contribution is -2.03. The van der Waals surface area contributed by atoms with Gasteiger partial charge < -0.3 is 5.11 Å². The third kappa shape index (κ3) is 1.27. The highest BCUT2D eigenvalue weighted by molar-refractivity contribution is 7.16. The summed E-state index contributed by atoms with van der Waals surface area (Å²) in [6, 6.07) is 1.73. The molecule has 0 aromatic carbocycles. The van der Waals surface area contributed by atoms with Crippen molar-refractivity contribution in [2.75, 3.05) is 0 Å². The Balaban J connectivity index is 2.84. The van der Waals surface area contributed by atoms with E-state index in [1.165, 1.54) is 11.3 Å². The van der Waals surface area contributed by atoms with Gasteiger partial charge in [-0.3, -0.25) is 0 Å². The van der Waals surface area contributed by atoms with E-state index in [0.717, 1.165) is 4.83 Å². The van der Waals surface area contributed by atoms with Crippen LogP contribution in [-0.4, -0.2) is 21.0 Å². The van der Waals surface area contributed by atoms with Crippen LogP contribution < -0.4 is 0 Å². The van der Waals surface area contributed by atoms with Crippen molar-refractivity contribution in [2.45, 2.75) is 6.92 Å². The molecular formula is C8H6N2O2S. The zero-order valence-corrected chi connectivity index (χ0v) is 7.63. The molecule has 0 saturated carbocycles. The first kappa shape index (κ1) is 8.12. The zero-order valence-electron chi connectivity index (χ0n) is 6.81. The number of carbonyl (C=O) groups is 1. The van der Waals surface area contributed by atoms with E-state index in [0.29, 0.717) is 11.2 Å². The summed E-state index contributed by atoms with van der Waals surface area (Å²) >= 11 is 1.42. The lowest BCUT2D eigenvalue weighted by Gasteiger charge is -1.97. The van der Waals surface area contributed by atoms with Gasteiger partial charge in [0.05, 0.1) is 0 Å². The van der Waals surface area contributed by atoms with Crippen molar-refractivity contribution < 1.29 is 9.90 Å². The summed E-state index contributed by atoms with van der Waals surface area (Å²) in [5.41, 5.74) is 0.0868. The van der Waals surface area contributed by atoms with Crippen LogP contribution in [0.15, 0.2) is 11.4 Å². The van der Waals surface area contributed by atoms with E-state index in [2.05, 4.69) is 9.97 Å². The molecule has 4 nitrogen and oxygen atoms in total. The van der Waals surface area contributed by atoms with E-state index in [9.17, 15) is 4.79 Å². The van der Waals surface area contributed by atoms with Crippen LogP contribution >= 0.6 is 11.3 Å². The molecule has 2 rings (SSSR count). The summed E-state index contributed by atoms with van der Waals surface area (Å²) in [7, 11) is 0. The fraction of sp³-hybridized carbons (Fsp3) is 0.125. The number of aromatic carboxylic acids is 1. The smallest absolute Gasteiger partial charge is 0.355 e. The van der Waals surface area contributed by atoms with Crippen molar-refractivity contribution >= 4 is 27.5 Å². The minimum atomic E-state index is -1.01. The summed E-state index contributed by atoms with van der Waals surface area (Å²) < 4.78 is 0. The maximum absolute atomic E-state index is 10.8. The Kier molecular flexibility index (Phi) is 1.73. The van der Waals surface area contributed by atoms with Gasteiger partial charge in [0.1, 0.15) is 10.7 Å². The number of hydrogen-bond acceptors (Lipinski definition) is 4. The first-order chi connectivity index (χ1) is 6.18. The maximum atomic E-state index is 10.8. The van der Waals surface area contributed by atoms with Gasteiger partial charge in [0.15, 0.2) is 5.69 Å². The summed E-state index contributed by atoms with van der Waals surface area (Å²) in [6.45, 7) is 1.69. The number of fused-ring (bicyclic) bond motifs is 1. The van der Waals surface area contributed by atoms with Gasteiger partial charge in [0, 0.05) is 5.39 Å². The predicted molar refractivity (Wildman–Crippen MR) is 49.1 cm³/mol. The van der Waals surface area contributed by atoms with Crippen LogP contribution in [0.5, 0.6) is 0 Å². The average Bonchev–Trinajstić information content (AvgIpc) is 2.49. The Morgan fingerprint density at radius 2 is 2.31 bits per heavy atom. The summed E-state index contributed by atoms with van der Waals surface area (Å²) in [5.74, 6) is -0.513. The Hall–Kier alpha value is -1.49. The molecule has 2 aromatic heterocycles. The normalized spacial score (nSPS) is 10.5. The third-order valence-corrected chi connectivity index (χ3v) is 2.45. The maximum Gasteiger partial charge on any atom is 0.355 e. The summed E-state index contributed by atoms with van der Waals surface area (Å²) in [4.78, 5) is 19.5. The van der Waals surface area contributed by atoms with E-state index in [-0.39, 0.29) is 5.69 Å². The van der Waals surface area contributed by atoms with E-state index < -0.39 is 5.97 Å². The second-order valence-corrected chi connectivity index (χ2v) is 3.46. The molecule has 66 valence electrons. The number of carboxylic acid groups (broad SMARTS) is 1. The van der Waals surface area contributed by atoms with Crippen LogP contribution in [0.2, 0.25) is 0 Å². The van der Waals surface area contributed by atoms with Crippen molar-refractivity contribution in [3.05, 3.63) is 23.0 Å². The van der Waals surface area contributed by atoms with Gasteiger partial charge in [0.2, 0.25) is 0 Å². The van der Waals surface area contributed by atoms with Crippen molar-refractivity contribution in [1.29, 1.82) is 0 Å². The topological polar surface area (TPSA) is 63.1 Å².